The van der Waals surface area contributed by atoms with E-state index < -0.39 is 23.4 Å². The van der Waals surface area contributed by atoms with Crippen molar-refractivity contribution in [2.24, 2.45) is 0 Å². The minimum absolute atomic E-state index is 0.369. The molecule has 0 radical (unpaired) electrons. The molecule has 0 unspecified atom stereocenters. The maximum atomic E-state index is 12.1. The Morgan fingerprint density at radius 2 is 2.04 bits per heavy atom. The first-order valence-electron chi connectivity index (χ1n) is 6.99. The van der Waals surface area contributed by atoms with Crippen LogP contribution in [0.3, 0.4) is 0 Å². The van der Waals surface area contributed by atoms with Crippen LogP contribution in [0, 0.1) is 11.3 Å². The number of carbonyl (C=O) groups is 3. The molecule has 1 heterocycles. The van der Waals surface area contributed by atoms with Crippen LogP contribution in [-0.4, -0.2) is 35.0 Å². The van der Waals surface area contributed by atoms with Gasteiger partial charge in [-0.3, -0.25) is 15.0 Å². The van der Waals surface area contributed by atoms with Crippen molar-refractivity contribution in [1.82, 2.24) is 15.8 Å². The van der Waals surface area contributed by atoms with E-state index in [2.05, 4.69) is 10.7 Å². The fourth-order valence-electron chi connectivity index (χ4n) is 1.96. The third kappa shape index (κ3) is 3.40. The summed E-state index contributed by atoms with van der Waals surface area (Å²) in [7, 11) is 0. The highest BCUT2D eigenvalue weighted by Crippen LogP contribution is 2.19. The number of hydrogen-bond donors (Lipinski definition) is 2. The van der Waals surface area contributed by atoms with Gasteiger partial charge in [-0.15, -0.1) is 0 Å². The van der Waals surface area contributed by atoms with Crippen molar-refractivity contribution in [2.75, 3.05) is 6.61 Å². The summed E-state index contributed by atoms with van der Waals surface area (Å²) in [5.74, 6) is -0.760. The molecular formula is C15H16N4O4. The lowest BCUT2D eigenvalue weighted by Crippen LogP contribution is -2.49. The van der Waals surface area contributed by atoms with Crippen LogP contribution in [0.25, 0.3) is 0 Å². The number of benzene rings is 1. The second kappa shape index (κ2) is 6.36. The van der Waals surface area contributed by atoms with E-state index in [9.17, 15) is 14.4 Å². The summed E-state index contributed by atoms with van der Waals surface area (Å²) < 4.78 is 5.24. The smallest absolute Gasteiger partial charge is 0.344 e. The zero-order valence-corrected chi connectivity index (χ0v) is 12.8. The Kier molecular flexibility index (Phi) is 4.50. The third-order valence-electron chi connectivity index (χ3n) is 3.56. The van der Waals surface area contributed by atoms with Crippen LogP contribution in [0.15, 0.2) is 24.3 Å². The van der Waals surface area contributed by atoms with E-state index in [4.69, 9.17) is 10.00 Å². The summed E-state index contributed by atoms with van der Waals surface area (Å²) in [6.07, 6.45) is 0.408. The number of rotatable bonds is 5. The Bertz CT molecular complexity index is 680. The van der Waals surface area contributed by atoms with E-state index in [1.165, 1.54) is 0 Å². The largest absolute Gasteiger partial charge is 0.484 e. The predicted octanol–water partition coefficient (Wildman–Crippen LogP) is 0.689. The van der Waals surface area contributed by atoms with E-state index in [0.29, 0.717) is 22.7 Å². The monoisotopic (exact) mass is 316 g/mol. The van der Waals surface area contributed by atoms with Crippen molar-refractivity contribution < 1.29 is 19.1 Å². The molecule has 23 heavy (non-hydrogen) atoms. The first-order valence-corrected chi connectivity index (χ1v) is 6.99. The lowest BCUT2D eigenvalue weighted by atomic mass is 10.00. The summed E-state index contributed by atoms with van der Waals surface area (Å²) in [6.45, 7) is 2.98. The zero-order valence-electron chi connectivity index (χ0n) is 12.8. The Balaban J connectivity index is 1.91. The number of nitrogens with one attached hydrogen (secondary N) is 2. The van der Waals surface area contributed by atoms with Gasteiger partial charge < -0.3 is 10.1 Å². The lowest BCUT2D eigenvalue weighted by molar-refractivity contribution is -0.139. The topological polar surface area (TPSA) is 112 Å². The van der Waals surface area contributed by atoms with Crippen molar-refractivity contribution in [2.45, 2.75) is 25.8 Å². The van der Waals surface area contributed by atoms with Crippen LogP contribution >= 0.6 is 0 Å². The molecule has 1 aromatic carbocycles. The molecule has 1 aromatic rings. The maximum absolute atomic E-state index is 12.1. The third-order valence-corrected chi connectivity index (χ3v) is 3.56. The molecule has 120 valence electrons. The highest BCUT2D eigenvalue weighted by Gasteiger charge is 2.47. The summed E-state index contributed by atoms with van der Waals surface area (Å²) in [5, 5.41) is 11.9. The molecule has 1 saturated heterocycles. The van der Waals surface area contributed by atoms with E-state index in [0.717, 1.165) is 0 Å². The molecule has 0 bridgehead atoms. The normalized spacial score (nSPS) is 20.0. The van der Waals surface area contributed by atoms with Crippen LogP contribution < -0.4 is 15.5 Å². The molecule has 8 nitrogen and oxygen atoms in total. The number of imide groups is 1. The van der Waals surface area contributed by atoms with E-state index in [1.807, 2.05) is 6.07 Å². The Morgan fingerprint density at radius 3 is 2.57 bits per heavy atom. The SMILES string of the molecule is CC[C@@]1(C)NC(=O)N(NC(=O)COc2ccc(C#N)cc2)C1=O. The molecule has 1 aliphatic heterocycles. The molecule has 8 heteroatoms. The van der Waals surface area contributed by atoms with Gasteiger partial charge in [0.2, 0.25) is 0 Å². The van der Waals surface area contributed by atoms with Gasteiger partial charge in [-0.2, -0.15) is 10.3 Å². The quantitative estimate of drug-likeness (QED) is 0.776. The number of nitriles is 1. The number of hydrogen-bond acceptors (Lipinski definition) is 5. The van der Waals surface area contributed by atoms with Gasteiger partial charge in [0.15, 0.2) is 6.61 Å². The Morgan fingerprint density at radius 1 is 1.39 bits per heavy atom. The Labute approximate surface area is 133 Å². The zero-order chi connectivity index (χ0) is 17.0. The van der Waals surface area contributed by atoms with E-state index in [1.54, 1.807) is 38.1 Å². The van der Waals surface area contributed by atoms with Crippen molar-refractivity contribution in [3.63, 3.8) is 0 Å². The summed E-state index contributed by atoms with van der Waals surface area (Å²) >= 11 is 0. The van der Waals surface area contributed by atoms with Gasteiger partial charge in [-0.1, -0.05) is 6.92 Å². The van der Waals surface area contributed by atoms with Crippen molar-refractivity contribution in [3.8, 4) is 11.8 Å². The molecular weight excluding hydrogens is 300 g/mol. The van der Waals surface area contributed by atoms with Crippen LogP contribution in [0.1, 0.15) is 25.8 Å². The molecule has 1 fully saturated rings. The number of ether oxygens (including phenoxy) is 1. The fraction of sp³-hybridized carbons (Fsp3) is 0.333. The average molecular weight is 316 g/mol. The second-order valence-electron chi connectivity index (χ2n) is 5.22. The summed E-state index contributed by atoms with van der Waals surface area (Å²) in [5.41, 5.74) is 1.67. The molecule has 0 saturated carbocycles. The number of urea groups is 1. The number of amides is 4. The molecule has 2 rings (SSSR count). The first kappa shape index (κ1) is 16.3. The van der Waals surface area contributed by atoms with E-state index in [-0.39, 0.29) is 6.61 Å². The number of hydrazine groups is 1. The number of nitrogens with zero attached hydrogens (tertiary/aromatic N) is 2. The minimum atomic E-state index is -1.02. The van der Waals surface area contributed by atoms with Crippen LogP contribution in [-0.2, 0) is 9.59 Å². The van der Waals surface area contributed by atoms with Gasteiger partial charge in [-0.05, 0) is 37.6 Å². The number of carbonyl (C=O) groups excluding carboxylic acids is 3. The maximum Gasteiger partial charge on any atom is 0.344 e. The molecule has 0 spiro atoms. The van der Waals surface area contributed by atoms with Gasteiger partial charge in [-0.25, -0.2) is 4.79 Å². The molecule has 0 aliphatic carbocycles. The van der Waals surface area contributed by atoms with Crippen molar-refractivity contribution in [3.05, 3.63) is 29.8 Å². The van der Waals surface area contributed by atoms with Crippen molar-refractivity contribution >= 4 is 17.8 Å². The molecule has 0 aromatic heterocycles. The Hall–Kier alpha value is -3.08. The molecule has 1 aliphatic rings. The molecule has 1 atom stereocenters. The van der Waals surface area contributed by atoms with Crippen LogP contribution in [0.2, 0.25) is 0 Å². The molecule has 4 amide bonds. The van der Waals surface area contributed by atoms with E-state index >= 15 is 0 Å². The standard InChI is InChI=1S/C15H16N4O4/c1-3-15(2)13(21)19(14(22)17-15)18-12(20)9-23-11-6-4-10(8-16)5-7-11/h4-7H,3,9H2,1-2H3,(H,17,22)(H,18,20)/t15-/m1/s1. The van der Waals surface area contributed by atoms with Crippen LogP contribution in [0.5, 0.6) is 5.75 Å². The minimum Gasteiger partial charge on any atom is -0.484 e. The van der Waals surface area contributed by atoms with Crippen molar-refractivity contribution in [1.29, 1.82) is 5.26 Å². The summed E-state index contributed by atoms with van der Waals surface area (Å²) in [6, 6.07) is 7.50. The highest BCUT2D eigenvalue weighted by molar-refractivity contribution is 6.07. The predicted molar refractivity (Wildman–Crippen MR) is 78.9 cm³/mol. The second-order valence-corrected chi connectivity index (χ2v) is 5.22. The van der Waals surface area contributed by atoms with Gasteiger partial charge in [0.05, 0.1) is 11.6 Å². The van der Waals surface area contributed by atoms with Crippen LogP contribution in [0.4, 0.5) is 4.79 Å². The van der Waals surface area contributed by atoms with Gasteiger partial charge in [0.1, 0.15) is 11.3 Å². The highest BCUT2D eigenvalue weighted by atomic mass is 16.5. The molecule has 2 N–H and O–H groups in total. The van der Waals surface area contributed by atoms with Gasteiger partial charge in [0.25, 0.3) is 11.8 Å². The van der Waals surface area contributed by atoms with Gasteiger partial charge in [0, 0.05) is 0 Å². The average Bonchev–Trinajstić information content (AvgIpc) is 2.77. The summed E-state index contributed by atoms with van der Waals surface area (Å²) in [4.78, 5) is 35.7. The first-order chi connectivity index (χ1) is 10.9. The fourth-order valence-corrected chi connectivity index (χ4v) is 1.96. The lowest BCUT2D eigenvalue weighted by Gasteiger charge is -2.19. The van der Waals surface area contributed by atoms with Gasteiger partial charge >= 0.3 is 6.03 Å².